The SMILES string of the molecule is COC(C)(C)Cc1ccccc1-c1cc(C(=O)O)nn1C. The maximum atomic E-state index is 11.1. The Kier molecular flexibility index (Phi) is 4.14. The Bertz CT molecular complexity index is 659. The molecule has 1 heterocycles. The lowest BCUT2D eigenvalue weighted by Gasteiger charge is -2.24. The highest BCUT2D eigenvalue weighted by Gasteiger charge is 2.21. The van der Waals surface area contributed by atoms with Crippen molar-refractivity contribution in [3.63, 3.8) is 0 Å². The smallest absolute Gasteiger partial charge is 0.356 e. The van der Waals surface area contributed by atoms with Gasteiger partial charge in [-0.25, -0.2) is 4.79 Å². The fraction of sp³-hybridized carbons (Fsp3) is 0.375. The molecular formula is C16H20N2O3. The first-order chi connectivity index (χ1) is 9.84. The van der Waals surface area contributed by atoms with Crippen molar-refractivity contribution in [1.82, 2.24) is 9.78 Å². The number of hydrogen-bond acceptors (Lipinski definition) is 3. The van der Waals surface area contributed by atoms with Crippen molar-refractivity contribution in [3.05, 3.63) is 41.6 Å². The molecule has 0 atom stereocenters. The molecule has 0 unspecified atom stereocenters. The summed E-state index contributed by atoms with van der Waals surface area (Å²) in [6.45, 7) is 4.05. The van der Waals surface area contributed by atoms with Gasteiger partial charge in [-0.05, 0) is 25.5 Å². The van der Waals surface area contributed by atoms with E-state index in [-0.39, 0.29) is 11.3 Å². The second-order valence-electron chi connectivity index (χ2n) is 5.64. The average molecular weight is 288 g/mol. The number of nitrogens with zero attached hydrogens (tertiary/aromatic N) is 2. The standard InChI is InChI=1S/C16H20N2O3/c1-16(2,21-4)10-11-7-5-6-8-12(11)14-9-13(15(19)20)17-18(14)3/h5-9H,10H2,1-4H3,(H,19,20). The zero-order chi connectivity index (χ0) is 15.6. The lowest BCUT2D eigenvalue weighted by Crippen LogP contribution is -2.25. The molecule has 1 aromatic carbocycles. The second kappa shape index (κ2) is 5.69. The van der Waals surface area contributed by atoms with Crippen LogP contribution in [0.15, 0.2) is 30.3 Å². The van der Waals surface area contributed by atoms with Crippen LogP contribution in [0.25, 0.3) is 11.3 Å². The quantitative estimate of drug-likeness (QED) is 0.918. The summed E-state index contributed by atoms with van der Waals surface area (Å²) in [5, 5.41) is 13.1. The molecule has 0 bridgehead atoms. The summed E-state index contributed by atoms with van der Waals surface area (Å²) in [6, 6.07) is 9.51. The van der Waals surface area contributed by atoms with E-state index >= 15 is 0 Å². The van der Waals surface area contributed by atoms with E-state index in [0.717, 1.165) is 23.2 Å². The summed E-state index contributed by atoms with van der Waals surface area (Å²) in [6.07, 6.45) is 0.729. The molecule has 0 saturated heterocycles. The Morgan fingerprint density at radius 2 is 2.05 bits per heavy atom. The molecule has 0 aliphatic heterocycles. The van der Waals surface area contributed by atoms with E-state index in [9.17, 15) is 4.79 Å². The zero-order valence-corrected chi connectivity index (χ0v) is 12.8. The molecule has 0 spiro atoms. The highest BCUT2D eigenvalue weighted by atomic mass is 16.5. The minimum Gasteiger partial charge on any atom is -0.476 e. The molecule has 0 saturated carbocycles. The van der Waals surface area contributed by atoms with E-state index in [2.05, 4.69) is 5.10 Å². The van der Waals surface area contributed by atoms with Crippen LogP contribution in [0.3, 0.4) is 0 Å². The average Bonchev–Trinajstić information content (AvgIpc) is 2.81. The van der Waals surface area contributed by atoms with E-state index in [1.54, 1.807) is 24.9 Å². The monoisotopic (exact) mass is 288 g/mol. The maximum Gasteiger partial charge on any atom is 0.356 e. The first-order valence-corrected chi connectivity index (χ1v) is 6.75. The summed E-state index contributed by atoms with van der Waals surface area (Å²) in [7, 11) is 3.44. The van der Waals surface area contributed by atoms with E-state index in [4.69, 9.17) is 9.84 Å². The van der Waals surface area contributed by atoms with Gasteiger partial charge >= 0.3 is 5.97 Å². The Labute approximate surface area is 124 Å². The van der Waals surface area contributed by atoms with Crippen LogP contribution in [-0.2, 0) is 18.2 Å². The van der Waals surface area contributed by atoms with E-state index < -0.39 is 5.97 Å². The van der Waals surface area contributed by atoms with E-state index in [1.807, 2.05) is 38.1 Å². The number of ether oxygens (including phenoxy) is 1. The van der Waals surface area contributed by atoms with Crippen molar-refractivity contribution >= 4 is 5.97 Å². The van der Waals surface area contributed by atoms with Crippen molar-refractivity contribution < 1.29 is 14.6 Å². The Hall–Kier alpha value is -2.14. The number of aromatic nitrogens is 2. The normalized spacial score (nSPS) is 11.6. The van der Waals surface area contributed by atoms with Crippen molar-refractivity contribution in [2.45, 2.75) is 25.9 Å². The number of carboxylic acid groups (broad SMARTS) is 1. The van der Waals surface area contributed by atoms with E-state index in [1.165, 1.54) is 0 Å². The number of aromatic carboxylic acids is 1. The molecule has 0 amide bonds. The van der Waals surface area contributed by atoms with Crippen molar-refractivity contribution in [1.29, 1.82) is 0 Å². The first-order valence-electron chi connectivity index (χ1n) is 6.75. The van der Waals surface area contributed by atoms with Gasteiger partial charge < -0.3 is 9.84 Å². The van der Waals surface area contributed by atoms with Crippen LogP contribution in [0, 0.1) is 0 Å². The predicted molar refractivity (Wildman–Crippen MR) is 80.4 cm³/mol. The Morgan fingerprint density at radius 3 is 2.62 bits per heavy atom. The number of hydrogen-bond donors (Lipinski definition) is 1. The second-order valence-corrected chi connectivity index (χ2v) is 5.64. The molecule has 2 aromatic rings. The third-order valence-electron chi connectivity index (χ3n) is 3.56. The predicted octanol–water partition coefficient (Wildman–Crippen LogP) is 2.75. The van der Waals surface area contributed by atoms with Gasteiger partial charge in [0.1, 0.15) is 0 Å². The van der Waals surface area contributed by atoms with Crippen LogP contribution in [-0.4, -0.2) is 33.6 Å². The molecule has 0 fully saturated rings. The molecule has 0 aliphatic carbocycles. The Balaban J connectivity index is 2.47. The van der Waals surface area contributed by atoms with Gasteiger partial charge in [-0.15, -0.1) is 0 Å². The summed E-state index contributed by atoms with van der Waals surface area (Å²) in [5.41, 5.74) is 2.63. The maximum absolute atomic E-state index is 11.1. The molecule has 0 radical (unpaired) electrons. The van der Waals surface area contributed by atoms with E-state index in [0.29, 0.717) is 0 Å². The summed E-state index contributed by atoms with van der Waals surface area (Å²) < 4.78 is 7.09. The number of methoxy groups -OCH3 is 1. The molecule has 1 aromatic heterocycles. The van der Waals surface area contributed by atoms with Gasteiger partial charge in [0.25, 0.3) is 0 Å². The van der Waals surface area contributed by atoms with Crippen LogP contribution in [0.5, 0.6) is 0 Å². The lowest BCUT2D eigenvalue weighted by atomic mass is 9.93. The Morgan fingerprint density at radius 1 is 1.38 bits per heavy atom. The minimum atomic E-state index is -1.02. The highest BCUT2D eigenvalue weighted by molar-refractivity contribution is 5.87. The molecule has 112 valence electrons. The van der Waals surface area contributed by atoms with Crippen molar-refractivity contribution in [3.8, 4) is 11.3 Å². The number of rotatable bonds is 5. The molecule has 5 nitrogen and oxygen atoms in total. The van der Waals surface area contributed by atoms with Crippen molar-refractivity contribution in [2.75, 3.05) is 7.11 Å². The van der Waals surface area contributed by atoms with Crippen LogP contribution in [0.4, 0.5) is 0 Å². The fourth-order valence-electron chi connectivity index (χ4n) is 2.28. The third-order valence-corrected chi connectivity index (χ3v) is 3.56. The molecule has 21 heavy (non-hydrogen) atoms. The van der Waals surface area contributed by atoms with Gasteiger partial charge in [0.2, 0.25) is 0 Å². The third kappa shape index (κ3) is 3.31. The number of carboxylic acids is 1. The van der Waals surface area contributed by atoms with Gasteiger partial charge in [-0.1, -0.05) is 24.3 Å². The van der Waals surface area contributed by atoms with Crippen molar-refractivity contribution in [2.24, 2.45) is 7.05 Å². The van der Waals surface area contributed by atoms with Gasteiger partial charge in [0.05, 0.1) is 11.3 Å². The largest absolute Gasteiger partial charge is 0.476 e. The van der Waals surface area contributed by atoms with Crippen LogP contribution in [0.2, 0.25) is 0 Å². The summed E-state index contributed by atoms with van der Waals surface area (Å²) >= 11 is 0. The fourth-order valence-corrected chi connectivity index (χ4v) is 2.28. The van der Waals surface area contributed by atoms with Gasteiger partial charge in [0.15, 0.2) is 5.69 Å². The van der Waals surface area contributed by atoms with Gasteiger partial charge in [-0.3, -0.25) is 4.68 Å². The summed E-state index contributed by atoms with van der Waals surface area (Å²) in [5.74, 6) is -1.02. The molecular weight excluding hydrogens is 268 g/mol. The number of benzene rings is 1. The molecule has 0 aliphatic rings. The topological polar surface area (TPSA) is 64.3 Å². The minimum absolute atomic E-state index is 0.0494. The van der Waals surface area contributed by atoms with Gasteiger partial charge in [-0.2, -0.15) is 5.10 Å². The van der Waals surface area contributed by atoms with Crippen LogP contribution in [0.1, 0.15) is 29.9 Å². The summed E-state index contributed by atoms with van der Waals surface area (Å²) in [4.78, 5) is 11.1. The highest BCUT2D eigenvalue weighted by Crippen LogP contribution is 2.28. The lowest BCUT2D eigenvalue weighted by molar-refractivity contribution is 0.0233. The van der Waals surface area contributed by atoms with Crippen LogP contribution < -0.4 is 0 Å². The molecule has 2 rings (SSSR count). The number of carbonyl (C=O) groups is 1. The molecule has 5 heteroatoms. The number of aryl methyl sites for hydroxylation is 1. The first kappa shape index (κ1) is 15.3. The zero-order valence-electron chi connectivity index (χ0n) is 12.8. The molecule has 1 N–H and O–H groups in total. The van der Waals surface area contributed by atoms with Crippen LogP contribution >= 0.6 is 0 Å². The van der Waals surface area contributed by atoms with Gasteiger partial charge in [0, 0.05) is 26.1 Å².